The molecule has 92 valence electrons. The number of hydrogen-bond acceptors (Lipinski definition) is 3. The number of rotatable bonds is 3. The standard InChI is InChI=1S/C10H19N3O3/c1-12(10(11)15)8-4-3-5-13(6-8)9(14)7-16-2/h8H,3-7H2,1-2H3,(H2,11,15)/t8-/m1/s1. The van der Waals surface area contributed by atoms with E-state index in [2.05, 4.69) is 0 Å². The van der Waals surface area contributed by atoms with Crippen molar-refractivity contribution in [3.63, 3.8) is 0 Å². The predicted molar refractivity (Wildman–Crippen MR) is 58.8 cm³/mol. The van der Waals surface area contributed by atoms with Crippen LogP contribution < -0.4 is 5.73 Å². The Morgan fingerprint density at radius 3 is 2.81 bits per heavy atom. The minimum Gasteiger partial charge on any atom is -0.375 e. The summed E-state index contributed by atoms with van der Waals surface area (Å²) in [6.45, 7) is 1.36. The van der Waals surface area contributed by atoms with Crippen LogP contribution in [0.5, 0.6) is 0 Å². The van der Waals surface area contributed by atoms with Crippen molar-refractivity contribution in [2.45, 2.75) is 18.9 Å². The third-order valence-corrected chi connectivity index (χ3v) is 2.91. The molecule has 16 heavy (non-hydrogen) atoms. The fraction of sp³-hybridized carbons (Fsp3) is 0.800. The number of amides is 3. The smallest absolute Gasteiger partial charge is 0.314 e. The van der Waals surface area contributed by atoms with Crippen molar-refractivity contribution in [2.75, 3.05) is 33.9 Å². The maximum Gasteiger partial charge on any atom is 0.314 e. The van der Waals surface area contributed by atoms with Crippen molar-refractivity contribution < 1.29 is 14.3 Å². The molecular weight excluding hydrogens is 210 g/mol. The number of carbonyl (C=O) groups excluding carboxylic acids is 2. The average molecular weight is 229 g/mol. The van der Waals surface area contributed by atoms with Crippen molar-refractivity contribution in [3.05, 3.63) is 0 Å². The molecule has 1 fully saturated rings. The number of urea groups is 1. The summed E-state index contributed by atoms with van der Waals surface area (Å²) in [5, 5.41) is 0. The first-order valence-corrected chi connectivity index (χ1v) is 5.35. The number of nitrogens with zero attached hydrogens (tertiary/aromatic N) is 2. The summed E-state index contributed by atoms with van der Waals surface area (Å²) < 4.78 is 4.80. The molecule has 0 aromatic carbocycles. The normalized spacial score (nSPS) is 20.6. The Balaban J connectivity index is 2.53. The van der Waals surface area contributed by atoms with Crippen LogP contribution in [0.15, 0.2) is 0 Å². The highest BCUT2D eigenvalue weighted by atomic mass is 16.5. The van der Waals surface area contributed by atoms with E-state index < -0.39 is 6.03 Å². The van der Waals surface area contributed by atoms with Gasteiger partial charge in [-0.3, -0.25) is 4.79 Å². The summed E-state index contributed by atoms with van der Waals surface area (Å²) in [4.78, 5) is 25.8. The molecule has 0 aliphatic carbocycles. The number of nitrogens with two attached hydrogens (primary N) is 1. The van der Waals surface area contributed by atoms with Crippen LogP contribution in [-0.4, -0.2) is 61.6 Å². The number of methoxy groups -OCH3 is 1. The Morgan fingerprint density at radius 2 is 2.25 bits per heavy atom. The summed E-state index contributed by atoms with van der Waals surface area (Å²) in [5.74, 6) is -0.0370. The Hall–Kier alpha value is -1.30. The third kappa shape index (κ3) is 3.10. The maximum atomic E-state index is 11.6. The summed E-state index contributed by atoms with van der Waals surface area (Å²) in [6.07, 6.45) is 1.77. The van der Waals surface area contributed by atoms with Gasteiger partial charge in [-0.25, -0.2) is 4.79 Å². The van der Waals surface area contributed by atoms with Gasteiger partial charge in [0.05, 0.1) is 6.04 Å². The first-order valence-electron chi connectivity index (χ1n) is 5.35. The molecule has 1 aliphatic rings. The highest BCUT2D eigenvalue weighted by Gasteiger charge is 2.27. The van der Waals surface area contributed by atoms with Crippen LogP contribution >= 0.6 is 0 Å². The largest absolute Gasteiger partial charge is 0.375 e. The zero-order valence-electron chi connectivity index (χ0n) is 9.81. The van der Waals surface area contributed by atoms with Gasteiger partial charge in [0.2, 0.25) is 5.91 Å². The molecule has 0 aromatic rings. The lowest BCUT2D eigenvalue weighted by Crippen LogP contribution is -2.52. The Bertz CT molecular complexity index is 270. The third-order valence-electron chi connectivity index (χ3n) is 2.91. The molecule has 0 unspecified atom stereocenters. The molecule has 0 spiro atoms. The zero-order chi connectivity index (χ0) is 12.1. The molecule has 0 radical (unpaired) electrons. The van der Waals surface area contributed by atoms with Gasteiger partial charge in [-0.2, -0.15) is 0 Å². The Morgan fingerprint density at radius 1 is 1.56 bits per heavy atom. The van der Waals surface area contributed by atoms with Gasteiger partial charge >= 0.3 is 6.03 Å². The molecule has 0 bridgehead atoms. The molecule has 1 heterocycles. The van der Waals surface area contributed by atoms with Crippen LogP contribution in [0.1, 0.15) is 12.8 Å². The van der Waals surface area contributed by atoms with Gasteiger partial charge in [0.25, 0.3) is 0 Å². The first kappa shape index (κ1) is 12.8. The first-order chi connectivity index (χ1) is 7.56. The van der Waals surface area contributed by atoms with E-state index in [-0.39, 0.29) is 18.6 Å². The van der Waals surface area contributed by atoms with Gasteiger partial charge in [0.1, 0.15) is 6.61 Å². The van der Waals surface area contributed by atoms with E-state index in [1.165, 1.54) is 12.0 Å². The van der Waals surface area contributed by atoms with E-state index in [4.69, 9.17) is 10.5 Å². The lowest BCUT2D eigenvalue weighted by Gasteiger charge is -2.36. The van der Waals surface area contributed by atoms with Crippen molar-refractivity contribution in [1.29, 1.82) is 0 Å². The lowest BCUT2D eigenvalue weighted by atomic mass is 10.0. The van der Waals surface area contributed by atoms with E-state index in [0.29, 0.717) is 6.54 Å². The van der Waals surface area contributed by atoms with E-state index in [9.17, 15) is 9.59 Å². The average Bonchev–Trinajstić information content (AvgIpc) is 2.28. The second kappa shape index (κ2) is 5.69. The number of hydrogen-bond donors (Lipinski definition) is 1. The predicted octanol–water partition coefficient (Wildman–Crippen LogP) is -0.366. The SMILES string of the molecule is COCC(=O)N1CCC[C@@H](N(C)C(N)=O)C1. The van der Waals surface area contributed by atoms with E-state index in [1.807, 2.05) is 0 Å². The van der Waals surface area contributed by atoms with E-state index in [0.717, 1.165) is 19.4 Å². The number of ether oxygens (including phenoxy) is 1. The number of piperidine rings is 1. The zero-order valence-corrected chi connectivity index (χ0v) is 9.81. The minimum atomic E-state index is -0.453. The number of primary amides is 1. The van der Waals surface area contributed by atoms with Crippen LogP contribution in [0.4, 0.5) is 4.79 Å². The van der Waals surface area contributed by atoms with Crippen molar-refractivity contribution in [2.24, 2.45) is 5.73 Å². The Labute approximate surface area is 95.3 Å². The maximum absolute atomic E-state index is 11.6. The summed E-state index contributed by atoms with van der Waals surface area (Å²) in [6, 6.07) is -0.432. The minimum absolute atomic E-state index is 0.0204. The van der Waals surface area contributed by atoms with Gasteiger partial charge in [-0.15, -0.1) is 0 Å². The molecule has 1 atom stereocenters. The van der Waals surface area contributed by atoms with Gasteiger partial charge in [-0.1, -0.05) is 0 Å². The highest BCUT2D eigenvalue weighted by Crippen LogP contribution is 2.14. The van der Waals surface area contributed by atoms with Crippen LogP contribution in [-0.2, 0) is 9.53 Å². The van der Waals surface area contributed by atoms with Crippen LogP contribution in [0.3, 0.4) is 0 Å². The fourth-order valence-corrected chi connectivity index (χ4v) is 1.89. The van der Waals surface area contributed by atoms with Crippen LogP contribution in [0.25, 0.3) is 0 Å². The number of likely N-dealkylation sites (N-methyl/N-ethyl adjacent to an activating group) is 1. The number of likely N-dealkylation sites (tertiary alicyclic amines) is 1. The molecule has 6 nitrogen and oxygen atoms in total. The molecule has 3 amide bonds. The fourth-order valence-electron chi connectivity index (χ4n) is 1.89. The van der Waals surface area contributed by atoms with E-state index >= 15 is 0 Å². The van der Waals surface area contributed by atoms with Crippen LogP contribution in [0, 0.1) is 0 Å². The van der Waals surface area contributed by atoms with E-state index in [1.54, 1.807) is 11.9 Å². The molecule has 0 aromatic heterocycles. The quantitative estimate of drug-likeness (QED) is 0.717. The molecule has 0 saturated carbocycles. The monoisotopic (exact) mass is 229 g/mol. The Kier molecular flexibility index (Phi) is 4.54. The molecule has 6 heteroatoms. The summed E-state index contributed by atoms with van der Waals surface area (Å²) >= 11 is 0. The molecule has 2 N–H and O–H groups in total. The van der Waals surface area contributed by atoms with Crippen molar-refractivity contribution in [3.8, 4) is 0 Å². The summed E-state index contributed by atoms with van der Waals surface area (Å²) in [5.41, 5.74) is 5.21. The summed E-state index contributed by atoms with van der Waals surface area (Å²) in [7, 11) is 3.16. The topological polar surface area (TPSA) is 75.9 Å². The van der Waals surface area contributed by atoms with Gasteiger partial charge in [0.15, 0.2) is 0 Å². The molecule has 1 aliphatic heterocycles. The second-order valence-electron chi connectivity index (χ2n) is 4.02. The lowest BCUT2D eigenvalue weighted by molar-refractivity contribution is -0.137. The van der Waals surface area contributed by atoms with Crippen molar-refractivity contribution in [1.82, 2.24) is 9.80 Å². The van der Waals surface area contributed by atoms with Gasteiger partial charge in [0, 0.05) is 27.2 Å². The van der Waals surface area contributed by atoms with Gasteiger partial charge in [-0.05, 0) is 12.8 Å². The number of carbonyl (C=O) groups is 2. The molecule has 1 saturated heterocycles. The second-order valence-corrected chi connectivity index (χ2v) is 4.02. The molecular formula is C10H19N3O3. The van der Waals surface area contributed by atoms with Crippen molar-refractivity contribution >= 4 is 11.9 Å². The highest BCUT2D eigenvalue weighted by molar-refractivity contribution is 5.78. The van der Waals surface area contributed by atoms with Gasteiger partial charge < -0.3 is 20.3 Å². The van der Waals surface area contributed by atoms with Crippen LogP contribution in [0.2, 0.25) is 0 Å². The molecule has 1 rings (SSSR count).